The summed E-state index contributed by atoms with van der Waals surface area (Å²) < 4.78 is 1.82. The van der Waals surface area contributed by atoms with Crippen molar-refractivity contribution >= 4 is 29.1 Å². The number of benzene rings is 1. The van der Waals surface area contributed by atoms with Gasteiger partial charge in [0.1, 0.15) is 5.69 Å². The number of imidazole rings is 1. The molecule has 3 aromatic rings. The number of aliphatic imine (C=N–C) groups is 1. The van der Waals surface area contributed by atoms with E-state index < -0.39 is 0 Å². The first-order valence-corrected chi connectivity index (χ1v) is 6.17. The summed E-state index contributed by atoms with van der Waals surface area (Å²) >= 11 is 0. The van der Waals surface area contributed by atoms with E-state index in [9.17, 15) is 0 Å². The molecule has 4 rings (SSSR count). The van der Waals surface area contributed by atoms with Crippen LogP contribution in [0, 0.1) is 6.92 Å². The molecule has 20 heavy (non-hydrogen) atoms. The van der Waals surface area contributed by atoms with E-state index in [1.807, 2.05) is 29.7 Å². The summed E-state index contributed by atoms with van der Waals surface area (Å²) in [6.45, 7) is 2.04. The normalized spacial score (nSPS) is 12.1. The van der Waals surface area contributed by atoms with Crippen molar-refractivity contribution in [1.82, 2.24) is 19.5 Å². The second-order valence-electron chi connectivity index (χ2n) is 4.56. The average Bonchev–Trinajstić information content (AvgIpc) is 2.90. The van der Waals surface area contributed by atoms with Crippen LogP contribution < -0.4 is 0 Å². The molecular weight excluding hydrogens is 250 g/mol. The van der Waals surface area contributed by atoms with Gasteiger partial charge in [0.25, 0.3) is 0 Å². The molecule has 0 bridgehead atoms. The standard InChI is InChI=1S/C15H9N5/c1-10-3-4-11-12(7-10)19-13(8-17-11)14-9-18-15-16-5-2-6-20(14)15/h3-4,6-9H,1H3. The molecule has 0 spiro atoms. The van der Waals surface area contributed by atoms with E-state index in [1.54, 1.807) is 18.6 Å². The minimum atomic E-state index is 0.574. The second-order valence-corrected chi connectivity index (χ2v) is 4.56. The van der Waals surface area contributed by atoms with Gasteiger partial charge in [-0.15, -0.1) is 0 Å². The van der Waals surface area contributed by atoms with Crippen LogP contribution in [0.2, 0.25) is 0 Å². The van der Waals surface area contributed by atoms with Crippen molar-refractivity contribution in [3.63, 3.8) is 0 Å². The van der Waals surface area contributed by atoms with Crippen molar-refractivity contribution < 1.29 is 0 Å². The second kappa shape index (κ2) is 4.00. The van der Waals surface area contributed by atoms with Crippen LogP contribution >= 0.6 is 0 Å². The monoisotopic (exact) mass is 259 g/mol. The fraction of sp³-hybridized carbons (Fsp3) is 0.0667. The van der Waals surface area contributed by atoms with E-state index in [0.29, 0.717) is 5.95 Å². The molecule has 0 aliphatic carbocycles. The first-order valence-electron chi connectivity index (χ1n) is 6.17. The molecule has 0 amide bonds. The third kappa shape index (κ3) is 1.59. The SMILES string of the molecule is Cc1ccc2ncc(-c3cnc4n3C=C=C=N4)nc2c1. The highest BCUT2D eigenvalue weighted by Crippen LogP contribution is 2.25. The Bertz CT molecular complexity index is 938. The molecule has 3 heterocycles. The number of aromatic nitrogens is 4. The predicted molar refractivity (Wildman–Crippen MR) is 76.9 cm³/mol. The predicted octanol–water partition coefficient (Wildman–Crippen LogP) is 2.74. The van der Waals surface area contributed by atoms with Gasteiger partial charge in [0, 0.05) is 5.87 Å². The highest BCUT2D eigenvalue weighted by atomic mass is 15.2. The Labute approximate surface area is 114 Å². The Morgan fingerprint density at radius 2 is 2.05 bits per heavy atom. The van der Waals surface area contributed by atoms with Gasteiger partial charge in [0.2, 0.25) is 5.95 Å². The minimum absolute atomic E-state index is 0.574. The van der Waals surface area contributed by atoms with Gasteiger partial charge in [0.15, 0.2) is 0 Å². The summed E-state index contributed by atoms with van der Waals surface area (Å²) in [7, 11) is 0. The van der Waals surface area contributed by atoms with Crippen LogP contribution in [0.25, 0.3) is 28.6 Å². The molecule has 5 nitrogen and oxygen atoms in total. The Morgan fingerprint density at radius 3 is 3.00 bits per heavy atom. The van der Waals surface area contributed by atoms with Gasteiger partial charge in [0.05, 0.1) is 35.3 Å². The van der Waals surface area contributed by atoms with Crippen LogP contribution in [-0.2, 0) is 0 Å². The van der Waals surface area contributed by atoms with Crippen molar-refractivity contribution in [3.8, 4) is 11.4 Å². The van der Waals surface area contributed by atoms with E-state index in [1.165, 1.54) is 0 Å². The molecule has 0 atom stereocenters. The van der Waals surface area contributed by atoms with Crippen LogP contribution in [0.5, 0.6) is 0 Å². The van der Waals surface area contributed by atoms with Crippen LogP contribution in [-0.4, -0.2) is 25.4 Å². The smallest absolute Gasteiger partial charge is 0.243 e. The third-order valence-corrected chi connectivity index (χ3v) is 3.15. The fourth-order valence-electron chi connectivity index (χ4n) is 2.17. The highest BCUT2D eigenvalue weighted by molar-refractivity contribution is 5.78. The molecule has 1 aliphatic rings. The number of hydrogen-bond acceptors (Lipinski definition) is 4. The zero-order valence-electron chi connectivity index (χ0n) is 10.7. The van der Waals surface area contributed by atoms with Gasteiger partial charge < -0.3 is 0 Å². The Morgan fingerprint density at radius 1 is 1.10 bits per heavy atom. The Hall–Kier alpha value is -3.00. The van der Waals surface area contributed by atoms with Gasteiger partial charge in [-0.05, 0) is 30.4 Å². The van der Waals surface area contributed by atoms with Gasteiger partial charge in [-0.1, -0.05) is 6.07 Å². The zero-order chi connectivity index (χ0) is 13.5. The third-order valence-electron chi connectivity index (χ3n) is 3.15. The summed E-state index contributed by atoms with van der Waals surface area (Å²) in [5, 5.41) is 0. The first-order chi connectivity index (χ1) is 9.81. The number of rotatable bonds is 1. The lowest BCUT2D eigenvalue weighted by molar-refractivity contribution is 1.10. The topological polar surface area (TPSA) is 56.0 Å². The van der Waals surface area contributed by atoms with Crippen molar-refractivity contribution in [1.29, 1.82) is 0 Å². The maximum absolute atomic E-state index is 4.65. The van der Waals surface area contributed by atoms with Crippen LogP contribution in [0.1, 0.15) is 5.56 Å². The quantitative estimate of drug-likeness (QED) is 0.494. The molecule has 0 fully saturated rings. The molecule has 1 aliphatic heterocycles. The largest absolute Gasteiger partial charge is 0.274 e. The van der Waals surface area contributed by atoms with Gasteiger partial charge >= 0.3 is 0 Å². The molecule has 0 radical (unpaired) electrons. The Balaban J connectivity index is 1.93. The molecule has 0 saturated heterocycles. The van der Waals surface area contributed by atoms with Crippen LogP contribution in [0.3, 0.4) is 0 Å². The summed E-state index contributed by atoms with van der Waals surface area (Å²) in [6, 6.07) is 6.02. The summed E-state index contributed by atoms with van der Waals surface area (Å²) in [5.41, 5.74) is 7.33. The van der Waals surface area contributed by atoms with Crippen molar-refractivity contribution in [3.05, 3.63) is 41.9 Å². The lowest BCUT2D eigenvalue weighted by Crippen LogP contribution is -1.95. The maximum atomic E-state index is 4.65. The molecular formula is C15H9N5. The molecule has 0 unspecified atom stereocenters. The molecule has 1 aromatic carbocycles. The molecule has 5 heteroatoms. The van der Waals surface area contributed by atoms with E-state index in [-0.39, 0.29) is 0 Å². The van der Waals surface area contributed by atoms with Crippen LogP contribution in [0.4, 0.5) is 5.95 Å². The maximum Gasteiger partial charge on any atom is 0.243 e. The van der Waals surface area contributed by atoms with Gasteiger partial charge in [-0.25, -0.2) is 9.97 Å². The van der Waals surface area contributed by atoms with Gasteiger partial charge in [-0.2, -0.15) is 4.99 Å². The van der Waals surface area contributed by atoms with Crippen molar-refractivity contribution in [2.24, 2.45) is 4.99 Å². The molecule has 94 valence electrons. The van der Waals surface area contributed by atoms with E-state index in [4.69, 9.17) is 0 Å². The van der Waals surface area contributed by atoms with Crippen LogP contribution in [0.15, 0.2) is 41.3 Å². The molecule has 0 saturated carbocycles. The van der Waals surface area contributed by atoms with E-state index in [2.05, 4.69) is 31.5 Å². The van der Waals surface area contributed by atoms with E-state index >= 15 is 0 Å². The number of aryl methyl sites for hydroxylation is 1. The van der Waals surface area contributed by atoms with Crippen molar-refractivity contribution in [2.75, 3.05) is 0 Å². The molecule has 0 N–H and O–H groups in total. The first kappa shape index (κ1) is 10.9. The highest BCUT2D eigenvalue weighted by Gasteiger charge is 2.12. The van der Waals surface area contributed by atoms with E-state index in [0.717, 1.165) is 28.0 Å². The summed E-state index contributed by atoms with van der Waals surface area (Å²) in [6.07, 6.45) is 5.22. The number of nitrogens with zero attached hydrogens (tertiary/aromatic N) is 5. The zero-order valence-corrected chi connectivity index (χ0v) is 10.7. The number of hydrogen-bond donors (Lipinski definition) is 0. The fourth-order valence-corrected chi connectivity index (χ4v) is 2.17. The lowest BCUT2D eigenvalue weighted by Gasteiger charge is -2.05. The average molecular weight is 259 g/mol. The minimum Gasteiger partial charge on any atom is -0.274 e. The van der Waals surface area contributed by atoms with Gasteiger partial charge in [-0.3, -0.25) is 9.55 Å². The number of fused-ring (bicyclic) bond motifs is 2. The summed E-state index contributed by atoms with van der Waals surface area (Å²) in [5.74, 6) is 3.22. The Kier molecular flexibility index (Phi) is 2.18. The lowest BCUT2D eigenvalue weighted by atomic mass is 10.2. The van der Waals surface area contributed by atoms with Crippen molar-refractivity contribution in [2.45, 2.75) is 6.92 Å². The molecule has 2 aromatic heterocycles. The summed E-state index contributed by atoms with van der Waals surface area (Å²) in [4.78, 5) is 17.3.